The Balaban J connectivity index is 2.65. The Bertz CT molecular complexity index is 446. The van der Waals surface area contributed by atoms with Crippen LogP contribution in [0.1, 0.15) is 43.0 Å². The molecule has 1 aromatic carbocycles. The van der Waals surface area contributed by atoms with E-state index in [2.05, 4.69) is 17.6 Å². The molecule has 1 aromatic rings. The lowest BCUT2D eigenvalue weighted by Gasteiger charge is -2.11. The van der Waals surface area contributed by atoms with Crippen molar-refractivity contribution >= 4 is 17.5 Å². The molecule has 0 radical (unpaired) electrons. The van der Waals surface area contributed by atoms with Crippen molar-refractivity contribution in [2.45, 2.75) is 32.6 Å². The van der Waals surface area contributed by atoms with Crippen LogP contribution in [-0.2, 0) is 4.79 Å². The van der Waals surface area contributed by atoms with Crippen LogP contribution < -0.4 is 16.4 Å². The molecule has 5 heteroatoms. The molecule has 20 heavy (non-hydrogen) atoms. The summed E-state index contributed by atoms with van der Waals surface area (Å²) < 4.78 is 0. The van der Waals surface area contributed by atoms with E-state index in [1.54, 1.807) is 24.3 Å². The average molecular weight is 277 g/mol. The zero-order chi connectivity index (χ0) is 14.8. The Morgan fingerprint density at radius 3 is 2.65 bits per heavy atom. The summed E-state index contributed by atoms with van der Waals surface area (Å²) in [6, 6.07) is 6.98. The van der Waals surface area contributed by atoms with Crippen LogP contribution in [0.2, 0.25) is 0 Å². The lowest BCUT2D eigenvalue weighted by Crippen LogP contribution is -2.29. The second-order valence-corrected chi connectivity index (χ2v) is 4.60. The van der Waals surface area contributed by atoms with Crippen molar-refractivity contribution in [2.24, 2.45) is 5.73 Å². The number of rotatable bonds is 8. The van der Waals surface area contributed by atoms with Crippen molar-refractivity contribution in [1.82, 2.24) is 5.32 Å². The van der Waals surface area contributed by atoms with Gasteiger partial charge in [0.15, 0.2) is 0 Å². The maximum atomic E-state index is 11.9. The topological polar surface area (TPSA) is 84.2 Å². The highest BCUT2D eigenvalue weighted by Gasteiger charge is 2.12. The third-order valence-electron chi connectivity index (χ3n) is 2.88. The van der Waals surface area contributed by atoms with Crippen molar-refractivity contribution in [3.8, 4) is 0 Å². The summed E-state index contributed by atoms with van der Waals surface area (Å²) in [6.07, 6.45) is 3.45. The first-order valence-electron chi connectivity index (χ1n) is 7.06. The molecule has 110 valence electrons. The first kappa shape index (κ1) is 16.2. The molecular formula is C15H23N3O2. The molecule has 5 nitrogen and oxygen atoms in total. The second kappa shape index (κ2) is 9.09. The molecule has 0 saturated heterocycles. The highest BCUT2D eigenvalue weighted by molar-refractivity contribution is 6.03. The van der Waals surface area contributed by atoms with Crippen molar-refractivity contribution in [3.05, 3.63) is 29.8 Å². The Morgan fingerprint density at radius 1 is 1.20 bits per heavy atom. The number of benzene rings is 1. The monoisotopic (exact) mass is 277 g/mol. The summed E-state index contributed by atoms with van der Waals surface area (Å²) in [5.74, 6) is -0.280. The average Bonchev–Trinajstić information content (AvgIpc) is 2.45. The van der Waals surface area contributed by atoms with Crippen LogP contribution in [0.15, 0.2) is 24.3 Å². The van der Waals surface area contributed by atoms with E-state index < -0.39 is 0 Å². The molecular weight excluding hydrogens is 254 g/mol. The Labute approximate surface area is 119 Å². The van der Waals surface area contributed by atoms with Crippen LogP contribution in [0.4, 0.5) is 5.69 Å². The van der Waals surface area contributed by atoms with E-state index in [0.29, 0.717) is 30.8 Å². The number of anilines is 1. The molecule has 0 aliphatic rings. The van der Waals surface area contributed by atoms with Crippen LogP contribution in [0.3, 0.4) is 0 Å². The number of nitrogens with two attached hydrogens (primary N) is 1. The molecule has 1 rings (SSSR count). The van der Waals surface area contributed by atoms with Crippen molar-refractivity contribution in [2.75, 3.05) is 18.4 Å². The van der Waals surface area contributed by atoms with Crippen molar-refractivity contribution in [1.29, 1.82) is 0 Å². The van der Waals surface area contributed by atoms with Gasteiger partial charge in [0.25, 0.3) is 5.91 Å². The summed E-state index contributed by atoms with van der Waals surface area (Å²) in [5.41, 5.74) is 6.36. The Morgan fingerprint density at radius 2 is 1.95 bits per heavy atom. The largest absolute Gasteiger partial charge is 0.351 e. The minimum Gasteiger partial charge on any atom is -0.351 e. The lowest BCUT2D eigenvalue weighted by atomic mass is 10.1. The number of carbonyl (C=O) groups excluding carboxylic acids is 2. The van der Waals surface area contributed by atoms with Gasteiger partial charge in [-0.2, -0.15) is 0 Å². The predicted molar refractivity (Wildman–Crippen MR) is 80.6 cm³/mol. The molecule has 0 fully saturated rings. The van der Waals surface area contributed by atoms with Gasteiger partial charge in [-0.25, -0.2) is 0 Å². The maximum Gasteiger partial charge on any atom is 0.253 e. The Hall–Kier alpha value is -1.88. The lowest BCUT2D eigenvalue weighted by molar-refractivity contribution is -0.116. The molecule has 0 saturated carbocycles. The van der Waals surface area contributed by atoms with Gasteiger partial charge in [-0.1, -0.05) is 31.9 Å². The standard InChI is InChI=1S/C15H23N3O2/c1-2-3-4-9-14(19)18-13-8-6-5-7-12(13)15(20)17-11-10-16/h5-8H,2-4,9-11,16H2,1H3,(H,17,20)(H,18,19). The van der Waals surface area contributed by atoms with E-state index in [9.17, 15) is 9.59 Å². The summed E-state index contributed by atoms with van der Waals surface area (Å²) in [4.78, 5) is 23.8. The smallest absolute Gasteiger partial charge is 0.253 e. The van der Waals surface area contributed by atoms with E-state index in [-0.39, 0.29) is 11.8 Å². The maximum absolute atomic E-state index is 11.9. The first-order valence-corrected chi connectivity index (χ1v) is 7.06. The van der Waals surface area contributed by atoms with Crippen molar-refractivity contribution in [3.63, 3.8) is 0 Å². The van der Waals surface area contributed by atoms with Gasteiger partial charge in [-0.15, -0.1) is 0 Å². The SMILES string of the molecule is CCCCCC(=O)Nc1ccccc1C(=O)NCCN. The molecule has 0 aliphatic carbocycles. The molecule has 0 unspecified atom stereocenters. The number of carbonyl (C=O) groups is 2. The minimum absolute atomic E-state index is 0.0578. The summed E-state index contributed by atoms with van der Waals surface area (Å²) in [6.45, 7) is 2.89. The van der Waals surface area contributed by atoms with Crippen molar-refractivity contribution < 1.29 is 9.59 Å². The van der Waals surface area contributed by atoms with Crippen LogP contribution in [0.5, 0.6) is 0 Å². The predicted octanol–water partition coefficient (Wildman–Crippen LogP) is 1.89. The zero-order valence-electron chi connectivity index (χ0n) is 11.9. The van der Waals surface area contributed by atoms with E-state index in [0.717, 1.165) is 19.3 Å². The number of hydrogen-bond donors (Lipinski definition) is 3. The van der Waals surface area contributed by atoms with Gasteiger partial charge in [-0.3, -0.25) is 9.59 Å². The molecule has 4 N–H and O–H groups in total. The van der Waals surface area contributed by atoms with E-state index in [1.165, 1.54) is 0 Å². The normalized spacial score (nSPS) is 10.1. The van der Waals surface area contributed by atoms with E-state index in [1.807, 2.05) is 0 Å². The highest BCUT2D eigenvalue weighted by Crippen LogP contribution is 2.15. The molecule has 0 aliphatic heterocycles. The minimum atomic E-state index is -0.222. The number of amides is 2. The fourth-order valence-electron chi connectivity index (χ4n) is 1.82. The molecule has 0 heterocycles. The summed E-state index contributed by atoms with van der Waals surface area (Å²) in [5, 5.41) is 5.50. The van der Waals surface area contributed by atoms with Gasteiger partial charge in [0.2, 0.25) is 5.91 Å². The number of para-hydroxylation sites is 1. The molecule has 2 amide bonds. The van der Waals surface area contributed by atoms with Crippen LogP contribution >= 0.6 is 0 Å². The number of nitrogens with one attached hydrogen (secondary N) is 2. The fraction of sp³-hybridized carbons (Fsp3) is 0.467. The van der Waals surface area contributed by atoms with Gasteiger partial charge >= 0.3 is 0 Å². The molecule has 0 spiro atoms. The van der Waals surface area contributed by atoms with E-state index in [4.69, 9.17) is 5.73 Å². The molecule has 0 aromatic heterocycles. The fourth-order valence-corrected chi connectivity index (χ4v) is 1.82. The van der Waals surface area contributed by atoms with Gasteiger partial charge in [0.05, 0.1) is 11.3 Å². The van der Waals surface area contributed by atoms with Crippen LogP contribution in [0, 0.1) is 0 Å². The third kappa shape index (κ3) is 5.40. The molecule has 0 bridgehead atoms. The zero-order valence-corrected chi connectivity index (χ0v) is 11.9. The van der Waals surface area contributed by atoms with Crippen LogP contribution in [-0.4, -0.2) is 24.9 Å². The summed E-state index contributed by atoms with van der Waals surface area (Å²) in [7, 11) is 0. The van der Waals surface area contributed by atoms with Gasteiger partial charge in [-0.05, 0) is 18.6 Å². The van der Waals surface area contributed by atoms with Gasteiger partial charge < -0.3 is 16.4 Å². The third-order valence-corrected chi connectivity index (χ3v) is 2.88. The summed E-state index contributed by atoms with van der Waals surface area (Å²) >= 11 is 0. The number of hydrogen-bond acceptors (Lipinski definition) is 3. The second-order valence-electron chi connectivity index (χ2n) is 4.60. The van der Waals surface area contributed by atoms with Crippen LogP contribution in [0.25, 0.3) is 0 Å². The van der Waals surface area contributed by atoms with Gasteiger partial charge in [0.1, 0.15) is 0 Å². The quantitative estimate of drug-likeness (QED) is 0.634. The van der Waals surface area contributed by atoms with Gasteiger partial charge in [0, 0.05) is 19.5 Å². The molecule has 0 atom stereocenters. The highest BCUT2D eigenvalue weighted by atomic mass is 16.2. The number of unbranched alkanes of at least 4 members (excludes halogenated alkanes) is 2. The first-order chi connectivity index (χ1) is 9.69. The Kier molecular flexibility index (Phi) is 7.35. The van der Waals surface area contributed by atoms with E-state index >= 15 is 0 Å².